The van der Waals surface area contributed by atoms with E-state index in [0.717, 1.165) is 53.0 Å². The first-order chi connectivity index (χ1) is 17.1. The average Bonchev–Trinajstić information content (AvgIpc) is 2.87. The van der Waals surface area contributed by atoms with Crippen LogP contribution in [-0.4, -0.2) is 43.1 Å². The van der Waals surface area contributed by atoms with Gasteiger partial charge in [-0.3, -0.25) is 4.79 Å². The van der Waals surface area contributed by atoms with Crippen LogP contribution in [0.1, 0.15) is 94.6 Å². The second-order valence-electron chi connectivity index (χ2n) is 11.0. The monoisotopic (exact) mass is 604 g/mol. The molecule has 0 spiro atoms. The van der Waals surface area contributed by atoms with Gasteiger partial charge in [0.05, 0.1) is 32.6 Å². The van der Waals surface area contributed by atoms with Crippen LogP contribution >= 0.6 is 0 Å². The summed E-state index contributed by atoms with van der Waals surface area (Å²) >= 11 is 0. The summed E-state index contributed by atoms with van der Waals surface area (Å²) in [6.45, 7) is 5.87. The predicted octanol–water partition coefficient (Wildman–Crippen LogP) is 4.18. The number of para-hydroxylation sites is 2. The van der Waals surface area contributed by atoms with Gasteiger partial charge in [-0.25, -0.2) is 0 Å². The van der Waals surface area contributed by atoms with Gasteiger partial charge in [0, 0.05) is 30.0 Å². The van der Waals surface area contributed by atoms with Crippen LogP contribution in [0.4, 0.5) is 0 Å². The Morgan fingerprint density at radius 3 is 1.89 bits per heavy atom. The van der Waals surface area contributed by atoms with E-state index in [4.69, 9.17) is 4.74 Å². The summed E-state index contributed by atoms with van der Waals surface area (Å²) < 4.78 is 7.23. The van der Waals surface area contributed by atoms with E-state index in [0.29, 0.717) is 0 Å². The van der Waals surface area contributed by atoms with Crippen molar-refractivity contribution in [3.05, 3.63) is 59.7 Å². The first kappa shape index (κ1) is 29.0. The number of nitrogens with zero attached hydrogens (tertiary/aromatic N) is 1. The van der Waals surface area contributed by atoms with Crippen molar-refractivity contribution in [2.75, 3.05) is 26.7 Å². The van der Waals surface area contributed by atoms with E-state index in [1.807, 2.05) is 48.5 Å². The Morgan fingerprint density at radius 2 is 1.33 bits per heavy atom. The van der Waals surface area contributed by atoms with Crippen LogP contribution in [0.5, 0.6) is 11.5 Å². The normalized spacial score (nSPS) is 21.0. The molecule has 0 saturated carbocycles. The number of halogens is 1. The van der Waals surface area contributed by atoms with Gasteiger partial charge < -0.3 is 38.5 Å². The molecule has 1 fully saturated rings. The van der Waals surface area contributed by atoms with Gasteiger partial charge >= 0.3 is 0 Å². The van der Waals surface area contributed by atoms with Gasteiger partial charge in [0.15, 0.2) is 0 Å². The summed E-state index contributed by atoms with van der Waals surface area (Å²) in [4.78, 5) is 13.5. The molecule has 0 unspecified atom stereocenters. The summed E-state index contributed by atoms with van der Waals surface area (Å²) in [6.07, 6.45) is 14.6. The fourth-order valence-corrected chi connectivity index (χ4v) is 5.84. The van der Waals surface area contributed by atoms with Crippen molar-refractivity contribution in [2.45, 2.75) is 89.5 Å². The highest BCUT2D eigenvalue weighted by Crippen LogP contribution is 2.44. The zero-order chi connectivity index (χ0) is 24.5. The maximum atomic E-state index is 13.5. The van der Waals surface area contributed by atoms with Gasteiger partial charge in [0.1, 0.15) is 11.5 Å². The summed E-state index contributed by atoms with van der Waals surface area (Å²) in [7, 11) is 2.41. The maximum Gasteiger partial charge on any atom is 0.232 e. The SMILES string of the molecule is CCCCCCCCCCC[N+]1(C)CCC(NC(=O)C2c3ccccc3Oc3ccccc32)CC1.[I-]. The highest BCUT2D eigenvalue weighted by molar-refractivity contribution is 5.89. The van der Waals surface area contributed by atoms with E-state index in [1.165, 1.54) is 64.3 Å². The van der Waals surface area contributed by atoms with E-state index in [1.54, 1.807) is 0 Å². The minimum atomic E-state index is -0.305. The number of quaternary nitrogens is 1. The smallest absolute Gasteiger partial charge is 0.232 e. The molecule has 2 aromatic rings. The van der Waals surface area contributed by atoms with E-state index >= 15 is 0 Å². The van der Waals surface area contributed by atoms with E-state index in [9.17, 15) is 4.79 Å². The fourth-order valence-electron chi connectivity index (χ4n) is 5.84. The molecule has 0 aromatic heterocycles. The van der Waals surface area contributed by atoms with Crippen LogP contribution in [0, 0.1) is 0 Å². The average molecular weight is 605 g/mol. The van der Waals surface area contributed by atoms with Crippen molar-refractivity contribution in [3.63, 3.8) is 0 Å². The van der Waals surface area contributed by atoms with Crippen molar-refractivity contribution in [1.82, 2.24) is 5.32 Å². The minimum absolute atomic E-state index is 0. The maximum absolute atomic E-state index is 13.5. The lowest BCUT2D eigenvalue weighted by Crippen LogP contribution is -3.00. The lowest BCUT2D eigenvalue weighted by molar-refractivity contribution is -0.914. The fraction of sp³-hybridized carbons (Fsp3) is 0.581. The summed E-state index contributed by atoms with van der Waals surface area (Å²) in [5, 5.41) is 3.41. The van der Waals surface area contributed by atoms with E-state index in [2.05, 4.69) is 19.3 Å². The molecule has 4 rings (SSSR count). The Bertz CT molecular complexity index is 910. The second kappa shape index (κ2) is 14.4. The summed E-state index contributed by atoms with van der Waals surface area (Å²) in [6, 6.07) is 16.1. The third-order valence-corrected chi connectivity index (χ3v) is 8.12. The quantitative estimate of drug-likeness (QED) is 0.224. The van der Waals surface area contributed by atoms with E-state index < -0.39 is 0 Å². The van der Waals surface area contributed by atoms with Crippen LogP contribution < -0.4 is 34.0 Å². The number of benzene rings is 2. The highest BCUT2D eigenvalue weighted by Gasteiger charge is 2.35. The molecule has 0 aliphatic carbocycles. The molecule has 2 heterocycles. The number of unbranched alkanes of at least 4 members (excludes halogenated alkanes) is 8. The first-order valence-electron chi connectivity index (χ1n) is 14.1. The Balaban J connectivity index is 0.00000361. The molecule has 1 saturated heterocycles. The molecule has 1 N–H and O–H groups in total. The topological polar surface area (TPSA) is 38.3 Å². The molecule has 2 aliphatic heterocycles. The van der Waals surface area contributed by atoms with Gasteiger partial charge in [-0.1, -0.05) is 88.3 Å². The zero-order valence-corrected chi connectivity index (χ0v) is 24.5. The number of carbonyl (C=O) groups excluding carboxylic acids is 1. The van der Waals surface area contributed by atoms with Crippen molar-refractivity contribution in [1.29, 1.82) is 0 Å². The van der Waals surface area contributed by atoms with Crippen LogP contribution in [0.2, 0.25) is 0 Å². The number of hydrogen-bond donors (Lipinski definition) is 1. The van der Waals surface area contributed by atoms with Gasteiger partial charge in [-0.05, 0) is 25.0 Å². The number of amides is 1. The first-order valence-corrected chi connectivity index (χ1v) is 14.1. The number of fused-ring (bicyclic) bond motifs is 2. The standard InChI is InChI=1S/C31H44N2O2.HI/c1-3-4-5-6-7-8-9-10-15-22-33(2)23-20-25(21-24-33)32-31(34)30-26-16-11-13-18-28(26)35-29-19-14-12-17-27(29)30;/h11-14,16-19,25,30H,3-10,15,20-24H2,1-2H3;1H. The van der Waals surface area contributed by atoms with Crippen molar-refractivity contribution >= 4 is 5.91 Å². The number of hydrogen-bond acceptors (Lipinski definition) is 2. The molecule has 1 amide bonds. The molecule has 5 heteroatoms. The molecular weight excluding hydrogens is 559 g/mol. The number of rotatable bonds is 12. The van der Waals surface area contributed by atoms with Gasteiger partial charge in [0.25, 0.3) is 0 Å². The molecular formula is C31H45IN2O2. The number of nitrogens with one attached hydrogen (secondary N) is 1. The molecule has 0 atom stereocenters. The lowest BCUT2D eigenvalue weighted by Gasteiger charge is -2.41. The Morgan fingerprint density at radius 1 is 0.833 bits per heavy atom. The van der Waals surface area contributed by atoms with Crippen LogP contribution in [0.25, 0.3) is 0 Å². The van der Waals surface area contributed by atoms with Crippen molar-refractivity contribution < 1.29 is 38.0 Å². The number of likely N-dealkylation sites (tertiary alicyclic amines) is 1. The van der Waals surface area contributed by atoms with Crippen LogP contribution in [0.15, 0.2) is 48.5 Å². The van der Waals surface area contributed by atoms with Crippen LogP contribution in [-0.2, 0) is 4.79 Å². The Labute approximate surface area is 235 Å². The molecule has 2 aromatic carbocycles. The molecule has 0 radical (unpaired) electrons. The summed E-state index contributed by atoms with van der Waals surface area (Å²) in [5.41, 5.74) is 1.93. The third kappa shape index (κ3) is 7.70. The van der Waals surface area contributed by atoms with Gasteiger partial charge in [0.2, 0.25) is 5.91 Å². The molecule has 0 bridgehead atoms. The minimum Gasteiger partial charge on any atom is -1.00 e. The third-order valence-electron chi connectivity index (χ3n) is 8.12. The predicted molar refractivity (Wildman–Crippen MR) is 144 cm³/mol. The molecule has 36 heavy (non-hydrogen) atoms. The summed E-state index contributed by atoms with van der Waals surface area (Å²) in [5.74, 6) is 1.38. The second-order valence-corrected chi connectivity index (χ2v) is 11.0. The highest BCUT2D eigenvalue weighted by atomic mass is 127. The lowest BCUT2D eigenvalue weighted by atomic mass is 9.86. The van der Waals surface area contributed by atoms with Crippen molar-refractivity contribution in [3.8, 4) is 11.5 Å². The van der Waals surface area contributed by atoms with Crippen molar-refractivity contribution in [2.24, 2.45) is 0 Å². The Hall–Kier alpha value is -1.60. The van der Waals surface area contributed by atoms with Gasteiger partial charge in [-0.15, -0.1) is 0 Å². The molecule has 2 aliphatic rings. The number of piperidine rings is 1. The van der Waals surface area contributed by atoms with Gasteiger partial charge in [-0.2, -0.15) is 0 Å². The van der Waals surface area contributed by atoms with E-state index in [-0.39, 0.29) is 41.8 Å². The number of carbonyl (C=O) groups is 1. The largest absolute Gasteiger partial charge is 1.00 e. The Kier molecular flexibility index (Phi) is 11.6. The number of ether oxygens (including phenoxy) is 1. The molecule has 4 nitrogen and oxygen atoms in total. The molecule has 198 valence electrons. The zero-order valence-electron chi connectivity index (χ0n) is 22.3. The van der Waals surface area contributed by atoms with Crippen LogP contribution in [0.3, 0.4) is 0 Å².